The maximum atomic E-state index is 12.9. The molecule has 3 aromatic carbocycles. The zero-order valence-corrected chi connectivity index (χ0v) is 19.3. The zero-order chi connectivity index (χ0) is 23.7. The first-order valence-electron chi connectivity index (χ1n) is 10.7. The van der Waals surface area contributed by atoms with Crippen molar-refractivity contribution in [3.05, 3.63) is 65.7 Å². The van der Waals surface area contributed by atoms with E-state index in [4.69, 9.17) is 10.5 Å². The van der Waals surface area contributed by atoms with E-state index in [1.54, 1.807) is 25.1 Å². The van der Waals surface area contributed by atoms with Crippen LogP contribution in [0.4, 0.5) is 0 Å². The van der Waals surface area contributed by atoms with Gasteiger partial charge in [0.05, 0.1) is 18.2 Å². The number of carbonyl (C=O) groups is 2. The fourth-order valence-corrected chi connectivity index (χ4v) is 3.97. The van der Waals surface area contributed by atoms with Crippen molar-refractivity contribution in [2.75, 3.05) is 41.3 Å². The van der Waals surface area contributed by atoms with E-state index in [1.807, 2.05) is 67.5 Å². The number of ether oxygens (including phenoxy) is 1. The monoisotopic (exact) mass is 444 g/mol. The Morgan fingerprint density at radius 3 is 2.42 bits per heavy atom. The van der Waals surface area contributed by atoms with Crippen LogP contribution >= 0.6 is 0 Å². The van der Waals surface area contributed by atoms with E-state index in [0.717, 1.165) is 39.7 Å². The lowest BCUT2D eigenvalue weighted by Gasteiger charge is -2.19. The fraction of sp³-hybridized carbons (Fsp3) is 0.231. The summed E-state index contributed by atoms with van der Waals surface area (Å²) in [6, 6.07) is 17.0. The van der Waals surface area contributed by atoms with Gasteiger partial charge >= 0.3 is 0 Å². The van der Waals surface area contributed by atoms with Crippen molar-refractivity contribution in [3.8, 4) is 16.9 Å². The van der Waals surface area contributed by atoms with E-state index in [0.29, 0.717) is 23.2 Å². The van der Waals surface area contributed by atoms with Gasteiger partial charge in [0.25, 0.3) is 11.8 Å². The summed E-state index contributed by atoms with van der Waals surface area (Å²) >= 11 is 0. The number of hydrogen-bond acceptors (Lipinski definition) is 4. The van der Waals surface area contributed by atoms with Gasteiger partial charge < -0.3 is 25.3 Å². The number of amides is 2. The molecular formula is C26H28N4O3. The number of methoxy groups -OCH3 is 1. The Labute approximate surface area is 192 Å². The summed E-state index contributed by atoms with van der Waals surface area (Å²) in [4.78, 5) is 32.3. The topological polar surface area (TPSA) is 91.7 Å². The van der Waals surface area contributed by atoms with Gasteiger partial charge in [-0.25, -0.2) is 0 Å². The van der Waals surface area contributed by atoms with E-state index in [2.05, 4.69) is 4.98 Å². The third-order valence-electron chi connectivity index (χ3n) is 5.85. The molecule has 33 heavy (non-hydrogen) atoms. The van der Waals surface area contributed by atoms with Crippen LogP contribution in [0.3, 0.4) is 0 Å². The average Bonchev–Trinajstić information content (AvgIpc) is 3.18. The molecule has 0 fully saturated rings. The Balaban J connectivity index is 1.81. The number of nitrogens with two attached hydrogens (primary N) is 1. The Kier molecular flexibility index (Phi) is 6.07. The minimum Gasteiger partial charge on any atom is -0.497 e. The van der Waals surface area contributed by atoms with Gasteiger partial charge in [-0.3, -0.25) is 9.59 Å². The normalized spacial score (nSPS) is 11.3. The Morgan fingerprint density at radius 2 is 1.73 bits per heavy atom. The van der Waals surface area contributed by atoms with Crippen molar-refractivity contribution in [1.29, 1.82) is 0 Å². The smallest absolute Gasteiger partial charge is 0.253 e. The van der Waals surface area contributed by atoms with Crippen molar-refractivity contribution in [2.45, 2.75) is 0 Å². The molecule has 4 aromatic rings. The molecule has 0 aliphatic heterocycles. The van der Waals surface area contributed by atoms with Crippen LogP contribution in [-0.4, -0.2) is 67.9 Å². The van der Waals surface area contributed by atoms with E-state index in [9.17, 15) is 9.59 Å². The quantitative estimate of drug-likeness (QED) is 0.454. The molecular weight excluding hydrogens is 416 g/mol. The van der Waals surface area contributed by atoms with Crippen LogP contribution < -0.4 is 10.5 Å². The highest BCUT2D eigenvalue weighted by molar-refractivity contribution is 6.17. The molecule has 170 valence electrons. The number of hydrogen-bond donors (Lipinski definition) is 2. The van der Waals surface area contributed by atoms with Gasteiger partial charge in [-0.1, -0.05) is 18.2 Å². The van der Waals surface area contributed by atoms with Crippen molar-refractivity contribution < 1.29 is 14.3 Å². The molecule has 0 aliphatic carbocycles. The predicted molar refractivity (Wildman–Crippen MR) is 132 cm³/mol. The van der Waals surface area contributed by atoms with Crippen LogP contribution in [0.2, 0.25) is 0 Å². The van der Waals surface area contributed by atoms with Crippen LogP contribution in [0.5, 0.6) is 5.75 Å². The SMILES string of the molecule is COc1cccc(-c2cc(C(N)=O)c3[nH]c4cc(C(=O)N(C)CCN(C)C)ccc4c3c2)c1. The Morgan fingerprint density at radius 1 is 0.939 bits per heavy atom. The van der Waals surface area contributed by atoms with Gasteiger partial charge in [0.15, 0.2) is 0 Å². The van der Waals surface area contributed by atoms with Crippen LogP contribution in [-0.2, 0) is 0 Å². The van der Waals surface area contributed by atoms with Gasteiger partial charge in [0.2, 0.25) is 0 Å². The van der Waals surface area contributed by atoms with Crippen LogP contribution in [0.1, 0.15) is 20.7 Å². The Bertz CT molecular complexity index is 1360. The number of likely N-dealkylation sites (N-methyl/N-ethyl adjacent to an activating group) is 2. The first-order valence-corrected chi connectivity index (χ1v) is 10.7. The van der Waals surface area contributed by atoms with Crippen molar-refractivity contribution in [3.63, 3.8) is 0 Å². The molecule has 7 nitrogen and oxygen atoms in total. The predicted octanol–water partition coefficient (Wildman–Crippen LogP) is 3.73. The second kappa shape index (κ2) is 8.96. The molecule has 1 aromatic heterocycles. The number of H-pyrrole nitrogens is 1. The molecule has 0 aliphatic rings. The summed E-state index contributed by atoms with van der Waals surface area (Å²) < 4.78 is 5.35. The number of nitrogens with one attached hydrogen (secondary N) is 1. The summed E-state index contributed by atoms with van der Waals surface area (Å²) in [5.74, 6) is 0.161. The number of nitrogens with zero attached hydrogens (tertiary/aromatic N) is 2. The molecule has 1 heterocycles. The lowest BCUT2D eigenvalue weighted by atomic mass is 9.98. The summed E-state index contributed by atoms with van der Waals surface area (Å²) in [7, 11) is 7.37. The van der Waals surface area contributed by atoms with E-state index in [1.165, 1.54) is 0 Å². The zero-order valence-electron chi connectivity index (χ0n) is 19.3. The number of rotatable bonds is 7. The summed E-state index contributed by atoms with van der Waals surface area (Å²) in [6.45, 7) is 1.41. The highest BCUT2D eigenvalue weighted by atomic mass is 16.5. The summed E-state index contributed by atoms with van der Waals surface area (Å²) in [6.07, 6.45) is 0. The molecule has 3 N–H and O–H groups in total. The third-order valence-corrected chi connectivity index (χ3v) is 5.85. The highest BCUT2D eigenvalue weighted by Gasteiger charge is 2.17. The fourth-order valence-electron chi connectivity index (χ4n) is 3.97. The Hall–Kier alpha value is -3.84. The lowest BCUT2D eigenvalue weighted by molar-refractivity contribution is 0.0786. The first kappa shape index (κ1) is 22.4. The van der Waals surface area contributed by atoms with Gasteiger partial charge in [0.1, 0.15) is 5.75 Å². The molecule has 2 amide bonds. The van der Waals surface area contributed by atoms with Crippen LogP contribution in [0.25, 0.3) is 32.9 Å². The summed E-state index contributed by atoms with van der Waals surface area (Å²) in [5, 5.41) is 1.80. The number of aromatic amines is 1. The minimum absolute atomic E-state index is 0.0513. The molecule has 4 rings (SSSR count). The van der Waals surface area contributed by atoms with E-state index < -0.39 is 5.91 Å². The molecule has 7 heteroatoms. The first-order chi connectivity index (χ1) is 15.8. The molecule has 0 spiro atoms. The van der Waals surface area contributed by atoms with Gasteiger partial charge in [0, 0.05) is 42.0 Å². The van der Waals surface area contributed by atoms with Crippen LogP contribution in [0.15, 0.2) is 54.6 Å². The number of fused-ring (bicyclic) bond motifs is 3. The standard InChI is InChI=1S/C26H28N4O3/c1-29(2)10-11-30(3)26(32)17-8-9-20-21-13-18(16-6-5-7-19(12-16)33-4)14-22(25(27)31)24(21)28-23(20)15-17/h5-9,12-15,28H,10-11H2,1-4H3,(H2,27,31). The van der Waals surface area contributed by atoms with Gasteiger partial charge in [-0.15, -0.1) is 0 Å². The lowest BCUT2D eigenvalue weighted by Crippen LogP contribution is -2.33. The molecule has 0 unspecified atom stereocenters. The second-order valence-corrected chi connectivity index (χ2v) is 8.46. The van der Waals surface area contributed by atoms with Gasteiger partial charge in [-0.2, -0.15) is 0 Å². The van der Waals surface area contributed by atoms with Crippen molar-refractivity contribution in [2.24, 2.45) is 5.73 Å². The maximum absolute atomic E-state index is 12.9. The number of carbonyl (C=O) groups excluding carboxylic acids is 2. The molecule has 0 saturated carbocycles. The largest absolute Gasteiger partial charge is 0.497 e. The molecule has 0 saturated heterocycles. The highest BCUT2D eigenvalue weighted by Crippen LogP contribution is 2.34. The second-order valence-electron chi connectivity index (χ2n) is 8.46. The molecule has 0 atom stereocenters. The maximum Gasteiger partial charge on any atom is 0.253 e. The molecule has 0 radical (unpaired) electrons. The van der Waals surface area contributed by atoms with Gasteiger partial charge in [-0.05, 0) is 61.6 Å². The van der Waals surface area contributed by atoms with Crippen molar-refractivity contribution >= 4 is 33.6 Å². The number of benzene rings is 3. The minimum atomic E-state index is -0.518. The molecule has 0 bridgehead atoms. The number of aromatic nitrogens is 1. The number of primary amides is 1. The van der Waals surface area contributed by atoms with Crippen molar-refractivity contribution in [1.82, 2.24) is 14.8 Å². The van der Waals surface area contributed by atoms with E-state index >= 15 is 0 Å². The van der Waals surface area contributed by atoms with E-state index in [-0.39, 0.29) is 5.91 Å². The summed E-state index contributed by atoms with van der Waals surface area (Å²) in [5.41, 5.74) is 9.94. The van der Waals surface area contributed by atoms with Crippen LogP contribution in [0, 0.1) is 0 Å². The average molecular weight is 445 g/mol. The third kappa shape index (κ3) is 4.40.